The number of carbonyl (C=O) groups is 1. The molecule has 3 rings (SSSR count). The van der Waals surface area contributed by atoms with Gasteiger partial charge in [0.1, 0.15) is 5.82 Å². The SMILES string of the molecule is CCC(CC)C(=O)Nc1ccc(CCc2nc3ccc(C)cc3[nH]2)cc1. The van der Waals surface area contributed by atoms with Crippen LogP contribution in [0, 0.1) is 12.8 Å². The largest absolute Gasteiger partial charge is 0.342 e. The fourth-order valence-electron chi connectivity index (χ4n) is 3.22. The van der Waals surface area contributed by atoms with E-state index in [4.69, 9.17) is 0 Å². The third-order valence-corrected chi connectivity index (χ3v) is 4.91. The number of hydrogen-bond acceptors (Lipinski definition) is 2. The highest BCUT2D eigenvalue weighted by molar-refractivity contribution is 5.92. The summed E-state index contributed by atoms with van der Waals surface area (Å²) in [6.45, 7) is 6.19. The van der Waals surface area contributed by atoms with Crippen molar-refractivity contribution in [1.82, 2.24) is 9.97 Å². The third kappa shape index (κ3) is 4.31. The number of H-pyrrole nitrogens is 1. The summed E-state index contributed by atoms with van der Waals surface area (Å²) in [5.74, 6) is 1.21. The van der Waals surface area contributed by atoms with E-state index in [0.717, 1.165) is 48.2 Å². The molecule has 0 fully saturated rings. The summed E-state index contributed by atoms with van der Waals surface area (Å²) in [6, 6.07) is 14.4. The van der Waals surface area contributed by atoms with Crippen molar-refractivity contribution in [2.24, 2.45) is 5.92 Å². The van der Waals surface area contributed by atoms with Gasteiger partial charge in [-0.2, -0.15) is 0 Å². The molecule has 2 N–H and O–H groups in total. The Morgan fingerprint density at radius 1 is 1.08 bits per heavy atom. The molecule has 0 saturated carbocycles. The van der Waals surface area contributed by atoms with Crippen LogP contribution in [0.25, 0.3) is 11.0 Å². The summed E-state index contributed by atoms with van der Waals surface area (Å²) in [5.41, 5.74) is 5.45. The number of aromatic amines is 1. The van der Waals surface area contributed by atoms with Crippen molar-refractivity contribution < 1.29 is 4.79 Å². The number of hydrogen-bond donors (Lipinski definition) is 2. The van der Waals surface area contributed by atoms with Gasteiger partial charge in [0.15, 0.2) is 0 Å². The minimum Gasteiger partial charge on any atom is -0.342 e. The summed E-state index contributed by atoms with van der Waals surface area (Å²) < 4.78 is 0. The van der Waals surface area contributed by atoms with Crippen LogP contribution in [0.15, 0.2) is 42.5 Å². The van der Waals surface area contributed by atoms with Gasteiger partial charge < -0.3 is 10.3 Å². The molecule has 4 heteroatoms. The predicted molar refractivity (Wildman–Crippen MR) is 107 cm³/mol. The maximum atomic E-state index is 12.2. The molecule has 4 nitrogen and oxygen atoms in total. The van der Waals surface area contributed by atoms with Crippen LogP contribution in [0.1, 0.15) is 43.6 Å². The summed E-state index contributed by atoms with van der Waals surface area (Å²) in [5, 5.41) is 3.01. The number of nitrogens with one attached hydrogen (secondary N) is 2. The molecule has 0 unspecified atom stereocenters. The van der Waals surface area contributed by atoms with Crippen LogP contribution >= 0.6 is 0 Å². The van der Waals surface area contributed by atoms with E-state index in [1.165, 1.54) is 11.1 Å². The topological polar surface area (TPSA) is 57.8 Å². The van der Waals surface area contributed by atoms with Gasteiger partial charge in [0, 0.05) is 18.0 Å². The zero-order valence-electron chi connectivity index (χ0n) is 15.8. The molecule has 0 aliphatic heterocycles. The Balaban J connectivity index is 1.59. The van der Waals surface area contributed by atoms with Crippen molar-refractivity contribution in [2.75, 3.05) is 5.32 Å². The van der Waals surface area contributed by atoms with E-state index in [0.29, 0.717) is 0 Å². The number of imidazole rings is 1. The standard InChI is InChI=1S/C22H27N3O/c1-4-17(5-2)22(26)23-18-10-7-16(8-11-18)9-13-21-24-19-12-6-15(3)14-20(19)25-21/h6-8,10-12,14,17H,4-5,9,13H2,1-3H3,(H,23,26)(H,24,25). The van der Waals surface area contributed by atoms with Crippen LogP contribution in [0.2, 0.25) is 0 Å². The molecule has 0 radical (unpaired) electrons. The second-order valence-corrected chi connectivity index (χ2v) is 6.90. The van der Waals surface area contributed by atoms with E-state index >= 15 is 0 Å². The summed E-state index contributed by atoms with van der Waals surface area (Å²) in [7, 11) is 0. The van der Waals surface area contributed by atoms with E-state index < -0.39 is 0 Å². The number of benzene rings is 2. The van der Waals surface area contributed by atoms with Gasteiger partial charge in [-0.15, -0.1) is 0 Å². The third-order valence-electron chi connectivity index (χ3n) is 4.91. The van der Waals surface area contributed by atoms with Crippen molar-refractivity contribution in [2.45, 2.75) is 46.5 Å². The Kier molecular flexibility index (Phi) is 5.71. The van der Waals surface area contributed by atoms with Crippen LogP contribution in [0.5, 0.6) is 0 Å². The Bertz CT molecular complexity index is 876. The highest BCUT2D eigenvalue weighted by Crippen LogP contribution is 2.17. The number of aryl methyl sites for hydroxylation is 3. The fraction of sp³-hybridized carbons (Fsp3) is 0.364. The lowest BCUT2D eigenvalue weighted by Gasteiger charge is -2.13. The molecule has 0 atom stereocenters. The normalized spacial score (nSPS) is 11.2. The molecule has 1 amide bonds. The number of rotatable bonds is 7. The fourth-order valence-corrected chi connectivity index (χ4v) is 3.22. The predicted octanol–water partition coefficient (Wildman–Crippen LogP) is 5.03. The van der Waals surface area contributed by atoms with E-state index in [9.17, 15) is 4.79 Å². The quantitative estimate of drug-likeness (QED) is 0.628. The van der Waals surface area contributed by atoms with Crippen LogP contribution in [0.4, 0.5) is 5.69 Å². The van der Waals surface area contributed by atoms with E-state index in [1.54, 1.807) is 0 Å². The van der Waals surface area contributed by atoms with Gasteiger partial charge in [-0.05, 0) is 61.6 Å². The van der Waals surface area contributed by atoms with E-state index in [2.05, 4.69) is 66.4 Å². The van der Waals surface area contributed by atoms with Gasteiger partial charge in [-0.1, -0.05) is 32.0 Å². The molecular weight excluding hydrogens is 322 g/mol. The van der Waals surface area contributed by atoms with Gasteiger partial charge in [0.25, 0.3) is 0 Å². The highest BCUT2D eigenvalue weighted by Gasteiger charge is 2.13. The molecule has 26 heavy (non-hydrogen) atoms. The maximum Gasteiger partial charge on any atom is 0.227 e. The van der Waals surface area contributed by atoms with Crippen LogP contribution in [0.3, 0.4) is 0 Å². The van der Waals surface area contributed by atoms with Crippen LogP contribution < -0.4 is 5.32 Å². The first kappa shape index (κ1) is 18.2. The Morgan fingerprint density at radius 3 is 2.50 bits per heavy atom. The average molecular weight is 349 g/mol. The van der Waals surface area contributed by atoms with Crippen molar-refractivity contribution in [1.29, 1.82) is 0 Å². The van der Waals surface area contributed by atoms with Crippen molar-refractivity contribution >= 4 is 22.6 Å². The molecule has 136 valence electrons. The molecule has 0 saturated heterocycles. The molecule has 0 spiro atoms. The van der Waals surface area contributed by atoms with Gasteiger partial charge in [-0.3, -0.25) is 4.79 Å². The first-order valence-electron chi connectivity index (χ1n) is 9.44. The number of aromatic nitrogens is 2. The van der Waals surface area contributed by atoms with Crippen LogP contribution in [-0.4, -0.2) is 15.9 Å². The summed E-state index contributed by atoms with van der Waals surface area (Å²) >= 11 is 0. The Hall–Kier alpha value is -2.62. The monoisotopic (exact) mass is 349 g/mol. The van der Waals surface area contributed by atoms with Gasteiger partial charge in [0.2, 0.25) is 5.91 Å². The van der Waals surface area contributed by atoms with Crippen molar-refractivity contribution in [3.8, 4) is 0 Å². The second-order valence-electron chi connectivity index (χ2n) is 6.90. The lowest BCUT2D eigenvalue weighted by Crippen LogP contribution is -2.21. The second kappa shape index (κ2) is 8.17. The summed E-state index contributed by atoms with van der Waals surface area (Å²) in [6.07, 6.45) is 3.53. The van der Waals surface area contributed by atoms with Crippen molar-refractivity contribution in [3.05, 3.63) is 59.4 Å². The van der Waals surface area contributed by atoms with Gasteiger partial charge in [-0.25, -0.2) is 4.98 Å². The zero-order valence-corrected chi connectivity index (χ0v) is 15.8. The smallest absolute Gasteiger partial charge is 0.227 e. The van der Waals surface area contributed by atoms with E-state index in [-0.39, 0.29) is 11.8 Å². The number of amides is 1. The summed E-state index contributed by atoms with van der Waals surface area (Å²) in [4.78, 5) is 20.2. The first-order valence-corrected chi connectivity index (χ1v) is 9.44. The molecule has 0 aliphatic carbocycles. The lowest BCUT2D eigenvalue weighted by atomic mass is 10.0. The molecule has 1 aromatic heterocycles. The average Bonchev–Trinajstić information content (AvgIpc) is 3.04. The highest BCUT2D eigenvalue weighted by atomic mass is 16.1. The molecule has 0 bridgehead atoms. The number of nitrogens with zero attached hydrogens (tertiary/aromatic N) is 1. The maximum absolute atomic E-state index is 12.2. The molecule has 2 aromatic carbocycles. The Morgan fingerprint density at radius 2 is 1.81 bits per heavy atom. The zero-order chi connectivity index (χ0) is 18.5. The molecule has 3 aromatic rings. The number of anilines is 1. The molecule has 0 aliphatic rings. The molecule has 1 heterocycles. The number of carbonyl (C=O) groups excluding carboxylic acids is 1. The minimum atomic E-state index is 0.0893. The lowest BCUT2D eigenvalue weighted by molar-refractivity contribution is -0.120. The first-order chi connectivity index (χ1) is 12.6. The van der Waals surface area contributed by atoms with Crippen LogP contribution in [-0.2, 0) is 17.6 Å². The Labute approximate surface area is 155 Å². The van der Waals surface area contributed by atoms with E-state index in [1.807, 2.05) is 12.1 Å². The molecular formula is C22H27N3O. The number of fused-ring (bicyclic) bond motifs is 1. The van der Waals surface area contributed by atoms with Gasteiger partial charge >= 0.3 is 0 Å². The minimum absolute atomic E-state index is 0.0893. The van der Waals surface area contributed by atoms with Crippen molar-refractivity contribution in [3.63, 3.8) is 0 Å². The van der Waals surface area contributed by atoms with Gasteiger partial charge in [0.05, 0.1) is 11.0 Å².